The third kappa shape index (κ3) is 3.62. The highest BCUT2D eigenvalue weighted by Crippen LogP contribution is 2.22. The van der Waals surface area contributed by atoms with Crippen molar-refractivity contribution in [3.05, 3.63) is 77.1 Å². The minimum atomic E-state index is 0.362. The van der Waals surface area contributed by atoms with Crippen LogP contribution in [0, 0.1) is 11.3 Å². The van der Waals surface area contributed by atoms with Gasteiger partial charge in [-0.3, -0.25) is 4.90 Å². The van der Waals surface area contributed by atoms with E-state index in [1.807, 2.05) is 30.5 Å². The monoisotopic (exact) mass is 357 g/mol. The molecular formula is C22H23N5. The van der Waals surface area contributed by atoms with Gasteiger partial charge in [-0.05, 0) is 30.3 Å². The molecule has 27 heavy (non-hydrogen) atoms. The van der Waals surface area contributed by atoms with Gasteiger partial charge in [0, 0.05) is 67.0 Å². The van der Waals surface area contributed by atoms with Gasteiger partial charge in [0.2, 0.25) is 0 Å². The van der Waals surface area contributed by atoms with E-state index >= 15 is 0 Å². The smallest absolute Gasteiger partial charge is 0.131 e. The maximum atomic E-state index is 9.16. The van der Waals surface area contributed by atoms with Crippen molar-refractivity contribution in [2.75, 3.05) is 6.54 Å². The van der Waals surface area contributed by atoms with Crippen LogP contribution in [0.1, 0.15) is 48.1 Å². The molecule has 136 valence electrons. The van der Waals surface area contributed by atoms with Gasteiger partial charge in [-0.15, -0.1) is 0 Å². The van der Waals surface area contributed by atoms with Crippen molar-refractivity contribution in [3.63, 3.8) is 0 Å². The second kappa shape index (κ2) is 7.34. The summed E-state index contributed by atoms with van der Waals surface area (Å²) >= 11 is 0. The minimum Gasteiger partial charge on any atom is -0.320 e. The molecule has 0 bridgehead atoms. The van der Waals surface area contributed by atoms with Gasteiger partial charge in [-0.1, -0.05) is 19.9 Å². The van der Waals surface area contributed by atoms with E-state index in [1.165, 1.54) is 17.0 Å². The summed E-state index contributed by atoms with van der Waals surface area (Å²) in [6.07, 6.45) is 5.02. The average Bonchev–Trinajstić information content (AvgIpc) is 3.15. The molecule has 5 heteroatoms. The molecule has 0 amide bonds. The molecule has 2 aromatic heterocycles. The zero-order valence-electron chi connectivity index (χ0n) is 15.8. The van der Waals surface area contributed by atoms with Crippen molar-refractivity contribution in [2.45, 2.75) is 39.3 Å². The first-order chi connectivity index (χ1) is 13.1. The highest BCUT2D eigenvalue weighted by molar-refractivity contribution is 5.42. The molecule has 0 atom stereocenters. The van der Waals surface area contributed by atoms with Crippen molar-refractivity contribution in [1.82, 2.24) is 19.4 Å². The third-order valence-electron chi connectivity index (χ3n) is 5.02. The van der Waals surface area contributed by atoms with E-state index in [1.54, 1.807) is 0 Å². The molecule has 5 nitrogen and oxygen atoms in total. The van der Waals surface area contributed by atoms with Crippen LogP contribution in [-0.2, 0) is 19.5 Å². The van der Waals surface area contributed by atoms with Crippen LogP contribution in [0.4, 0.5) is 0 Å². The lowest BCUT2D eigenvalue weighted by molar-refractivity contribution is 0.238. The van der Waals surface area contributed by atoms with Crippen molar-refractivity contribution >= 4 is 0 Å². The number of rotatable bonds is 4. The van der Waals surface area contributed by atoms with E-state index in [0.717, 1.165) is 37.6 Å². The van der Waals surface area contributed by atoms with E-state index in [0.29, 0.717) is 11.5 Å². The summed E-state index contributed by atoms with van der Waals surface area (Å²) in [4.78, 5) is 11.7. The van der Waals surface area contributed by atoms with Crippen LogP contribution in [0.25, 0.3) is 5.69 Å². The van der Waals surface area contributed by atoms with E-state index in [9.17, 15) is 0 Å². The number of benzene rings is 1. The molecule has 1 aromatic carbocycles. The minimum absolute atomic E-state index is 0.362. The highest BCUT2D eigenvalue weighted by atomic mass is 15.2. The number of nitriles is 1. The zero-order chi connectivity index (χ0) is 18.8. The lowest BCUT2D eigenvalue weighted by atomic mass is 10.1. The summed E-state index contributed by atoms with van der Waals surface area (Å²) in [6, 6.07) is 14.1. The molecule has 0 fully saturated rings. The fourth-order valence-corrected chi connectivity index (χ4v) is 3.55. The van der Waals surface area contributed by atoms with Crippen LogP contribution in [0.2, 0.25) is 0 Å². The lowest BCUT2D eigenvalue weighted by Crippen LogP contribution is -2.31. The van der Waals surface area contributed by atoms with Gasteiger partial charge in [0.15, 0.2) is 0 Å². The molecule has 3 aromatic rings. The Kier molecular flexibility index (Phi) is 4.74. The molecule has 0 saturated carbocycles. The van der Waals surface area contributed by atoms with E-state index in [-0.39, 0.29) is 0 Å². The Balaban J connectivity index is 1.53. The molecule has 4 rings (SSSR count). The first kappa shape index (κ1) is 17.4. The Labute approximate surface area is 159 Å². The fourth-order valence-electron chi connectivity index (χ4n) is 3.55. The van der Waals surface area contributed by atoms with E-state index < -0.39 is 0 Å². The van der Waals surface area contributed by atoms with Crippen molar-refractivity contribution < 1.29 is 0 Å². The molecule has 0 spiro atoms. The topological polar surface area (TPSA) is 57.7 Å². The summed E-state index contributed by atoms with van der Waals surface area (Å²) in [7, 11) is 0. The number of hydrogen-bond acceptors (Lipinski definition) is 4. The normalized spacial score (nSPS) is 14.1. The number of nitrogens with zero attached hydrogens (tertiary/aromatic N) is 5. The summed E-state index contributed by atoms with van der Waals surface area (Å²) in [5.74, 6) is 1.30. The van der Waals surface area contributed by atoms with Gasteiger partial charge in [-0.25, -0.2) is 9.97 Å². The Morgan fingerprint density at radius 2 is 2.11 bits per heavy atom. The predicted octanol–water partition coefficient (Wildman–Crippen LogP) is 3.82. The molecule has 1 aliphatic rings. The average molecular weight is 357 g/mol. The lowest BCUT2D eigenvalue weighted by Gasteiger charge is -2.28. The Hall–Kier alpha value is -2.97. The molecule has 0 radical (unpaired) electrons. The first-order valence-corrected chi connectivity index (χ1v) is 9.38. The molecule has 3 heterocycles. The van der Waals surface area contributed by atoms with Crippen LogP contribution < -0.4 is 0 Å². The van der Waals surface area contributed by atoms with E-state index in [2.05, 4.69) is 52.7 Å². The zero-order valence-corrected chi connectivity index (χ0v) is 15.8. The largest absolute Gasteiger partial charge is 0.320 e. The van der Waals surface area contributed by atoms with Crippen LogP contribution >= 0.6 is 0 Å². The fraction of sp³-hybridized carbons (Fsp3) is 0.318. The summed E-state index contributed by atoms with van der Waals surface area (Å²) in [5.41, 5.74) is 5.35. The molecule has 0 aliphatic carbocycles. The Morgan fingerprint density at radius 1 is 1.22 bits per heavy atom. The Bertz CT molecular complexity index is 996. The second-order valence-electron chi connectivity index (χ2n) is 7.35. The first-order valence-electron chi connectivity index (χ1n) is 9.38. The number of fused-ring (bicyclic) bond motifs is 1. The number of aromatic nitrogens is 3. The molecule has 1 aliphatic heterocycles. The molecule has 0 unspecified atom stereocenters. The van der Waals surface area contributed by atoms with E-state index in [4.69, 9.17) is 10.2 Å². The van der Waals surface area contributed by atoms with Gasteiger partial charge in [0.25, 0.3) is 0 Å². The molecular weight excluding hydrogens is 334 g/mol. The van der Waals surface area contributed by atoms with Crippen molar-refractivity contribution in [1.29, 1.82) is 5.26 Å². The molecule has 0 saturated heterocycles. The maximum absolute atomic E-state index is 9.16. The quantitative estimate of drug-likeness (QED) is 0.712. The summed E-state index contributed by atoms with van der Waals surface area (Å²) in [6.45, 7) is 6.98. The van der Waals surface area contributed by atoms with Gasteiger partial charge < -0.3 is 4.57 Å². The SMILES string of the molecule is CC(C)c1ncc2c(n1)CCN(Cc1cccn1-c1cccc(C#N)c1)C2. The molecule has 0 N–H and O–H groups in total. The van der Waals surface area contributed by atoms with Gasteiger partial charge in [0.05, 0.1) is 11.6 Å². The number of hydrogen-bond donors (Lipinski definition) is 0. The third-order valence-corrected chi connectivity index (χ3v) is 5.02. The van der Waals surface area contributed by atoms with Crippen LogP contribution in [-0.4, -0.2) is 26.0 Å². The highest BCUT2D eigenvalue weighted by Gasteiger charge is 2.20. The van der Waals surface area contributed by atoms with Gasteiger partial charge in [0.1, 0.15) is 5.82 Å². The van der Waals surface area contributed by atoms with Crippen LogP contribution in [0.3, 0.4) is 0 Å². The maximum Gasteiger partial charge on any atom is 0.131 e. The summed E-state index contributed by atoms with van der Waals surface area (Å²) in [5, 5.41) is 9.16. The Morgan fingerprint density at radius 3 is 2.93 bits per heavy atom. The van der Waals surface area contributed by atoms with Gasteiger partial charge in [-0.2, -0.15) is 5.26 Å². The second-order valence-corrected chi connectivity index (χ2v) is 7.35. The van der Waals surface area contributed by atoms with Gasteiger partial charge >= 0.3 is 0 Å². The van der Waals surface area contributed by atoms with Crippen LogP contribution in [0.15, 0.2) is 48.8 Å². The van der Waals surface area contributed by atoms with Crippen molar-refractivity contribution in [3.8, 4) is 11.8 Å². The predicted molar refractivity (Wildman–Crippen MR) is 104 cm³/mol. The van der Waals surface area contributed by atoms with Crippen molar-refractivity contribution in [2.24, 2.45) is 0 Å². The standard InChI is InChI=1S/C22H23N5/c1-16(2)22-24-13-18-14-26(10-8-21(18)25-22)15-20-7-4-9-27(20)19-6-3-5-17(11-19)12-23/h3-7,9,11,13,16H,8,10,14-15H2,1-2H3. The van der Waals surface area contributed by atoms with Crippen LogP contribution in [0.5, 0.6) is 0 Å². The summed E-state index contributed by atoms with van der Waals surface area (Å²) < 4.78 is 2.16.